The maximum Gasteiger partial charge on any atom is 0.255 e. The van der Waals surface area contributed by atoms with E-state index in [1.54, 1.807) is 41.3 Å². The van der Waals surface area contributed by atoms with E-state index in [0.29, 0.717) is 42.7 Å². The highest BCUT2D eigenvalue weighted by Crippen LogP contribution is 2.20. The highest BCUT2D eigenvalue weighted by molar-refractivity contribution is 6.05. The number of carbonyl (C=O) groups is 3. The molecule has 3 N–H and O–H groups in total. The standard InChI is InChI=1S/C21H23N3O3/c1-14-5-7-16(8-6-14)20(26)23-18-4-2-3-17(13-18)21(27)24-11-9-15(10-12-24)19(22)25/h2-8,13,15H,9-12H2,1H3,(H2,22,25)(H,23,26). The lowest BCUT2D eigenvalue weighted by molar-refractivity contribution is -0.123. The molecule has 27 heavy (non-hydrogen) atoms. The molecule has 0 unspecified atom stereocenters. The smallest absolute Gasteiger partial charge is 0.255 e. The minimum absolute atomic E-state index is 0.107. The second kappa shape index (κ2) is 8.03. The molecule has 3 amide bonds. The van der Waals surface area contributed by atoms with E-state index in [1.165, 1.54) is 0 Å². The molecule has 1 heterocycles. The number of carbonyl (C=O) groups excluding carboxylic acids is 3. The quantitative estimate of drug-likeness (QED) is 0.872. The van der Waals surface area contributed by atoms with Gasteiger partial charge in [0.1, 0.15) is 0 Å². The zero-order chi connectivity index (χ0) is 19.4. The predicted molar refractivity (Wildman–Crippen MR) is 103 cm³/mol. The third-order valence-electron chi connectivity index (χ3n) is 4.87. The summed E-state index contributed by atoms with van der Waals surface area (Å²) in [6, 6.07) is 14.2. The van der Waals surface area contributed by atoms with E-state index in [4.69, 9.17) is 5.73 Å². The first kappa shape index (κ1) is 18.6. The fourth-order valence-corrected chi connectivity index (χ4v) is 3.19. The second-order valence-corrected chi connectivity index (χ2v) is 6.87. The van der Waals surface area contributed by atoms with Crippen molar-refractivity contribution in [2.75, 3.05) is 18.4 Å². The van der Waals surface area contributed by atoms with Crippen LogP contribution in [0.15, 0.2) is 48.5 Å². The Hall–Kier alpha value is -3.15. The van der Waals surface area contributed by atoms with Crippen molar-refractivity contribution in [1.29, 1.82) is 0 Å². The molecular formula is C21H23N3O3. The number of hydrogen-bond acceptors (Lipinski definition) is 3. The third kappa shape index (κ3) is 4.53. The van der Waals surface area contributed by atoms with Crippen molar-refractivity contribution in [2.24, 2.45) is 11.7 Å². The molecule has 1 fully saturated rings. The summed E-state index contributed by atoms with van der Waals surface area (Å²) in [7, 11) is 0. The number of anilines is 1. The van der Waals surface area contributed by atoms with Crippen molar-refractivity contribution < 1.29 is 14.4 Å². The van der Waals surface area contributed by atoms with Crippen LogP contribution in [0.2, 0.25) is 0 Å². The summed E-state index contributed by atoms with van der Waals surface area (Å²) in [6.45, 7) is 2.97. The SMILES string of the molecule is Cc1ccc(C(=O)Nc2cccc(C(=O)N3CCC(C(N)=O)CC3)c2)cc1. The third-order valence-corrected chi connectivity index (χ3v) is 4.87. The Morgan fingerprint density at radius 3 is 2.30 bits per heavy atom. The number of hydrogen-bond donors (Lipinski definition) is 2. The predicted octanol–water partition coefficient (Wildman–Crippen LogP) is 2.58. The van der Waals surface area contributed by atoms with E-state index < -0.39 is 0 Å². The number of amides is 3. The fourth-order valence-electron chi connectivity index (χ4n) is 3.19. The zero-order valence-corrected chi connectivity index (χ0v) is 15.3. The highest BCUT2D eigenvalue weighted by atomic mass is 16.2. The monoisotopic (exact) mass is 365 g/mol. The minimum Gasteiger partial charge on any atom is -0.369 e. The van der Waals surface area contributed by atoms with E-state index >= 15 is 0 Å². The number of benzene rings is 2. The van der Waals surface area contributed by atoms with Gasteiger partial charge in [-0.15, -0.1) is 0 Å². The van der Waals surface area contributed by atoms with Gasteiger partial charge in [-0.1, -0.05) is 23.8 Å². The van der Waals surface area contributed by atoms with Gasteiger partial charge >= 0.3 is 0 Å². The van der Waals surface area contributed by atoms with Gasteiger partial charge < -0.3 is 16.0 Å². The van der Waals surface area contributed by atoms with E-state index in [0.717, 1.165) is 5.56 Å². The normalized spacial score (nSPS) is 14.6. The molecule has 1 saturated heterocycles. The minimum atomic E-state index is -0.303. The summed E-state index contributed by atoms with van der Waals surface area (Å²) in [6.07, 6.45) is 1.18. The number of aryl methyl sites for hydroxylation is 1. The average molecular weight is 365 g/mol. The van der Waals surface area contributed by atoms with Crippen LogP contribution in [0.4, 0.5) is 5.69 Å². The summed E-state index contributed by atoms with van der Waals surface area (Å²) >= 11 is 0. The van der Waals surface area contributed by atoms with Crippen molar-refractivity contribution in [2.45, 2.75) is 19.8 Å². The van der Waals surface area contributed by atoms with Gasteiger partial charge in [0.2, 0.25) is 5.91 Å². The van der Waals surface area contributed by atoms with E-state index in [-0.39, 0.29) is 23.6 Å². The van der Waals surface area contributed by atoms with Gasteiger partial charge in [0, 0.05) is 35.8 Å². The molecule has 6 heteroatoms. The molecular weight excluding hydrogens is 342 g/mol. The molecule has 0 atom stereocenters. The first-order valence-electron chi connectivity index (χ1n) is 9.01. The number of rotatable bonds is 4. The van der Waals surface area contributed by atoms with Crippen LogP contribution >= 0.6 is 0 Å². The Kier molecular flexibility index (Phi) is 5.54. The molecule has 2 aromatic rings. The molecule has 6 nitrogen and oxygen atoms in total. The summed E-state index contributed by atoms with van der Waals surface area (Å²) in [4.78, 5) is 38.1. The lowest BCUT2D eigenvalue weighted by atomic mass is 9.96. The van der Waals surface area contributed by atoms with Gasteiger partial charge in [0.05, 0.1) is 0 Å². The maximum absolute atomic E-state index is 12.7. The summed E-state index contributed by atoms with van der Waals surface area (Å²) in [5.74, 6) is -0.789. The molecule has 0 aliphatic carbocycles. The summed E-state index contributed by atoms with van der Waals surface area (Å²) < 4.78 is 0. The number of piperidine rings is 1. The maximum atomic E-state index is 12.7. The van der Waals surface area contributed by atoms with Crippen molar-refractivity contribution in [3.8, 4) is 0 Å². The molecule has 0 saturated carbocycles. The molecule has 1 aliphatic rings. The molecule has 2 aromatic carbocycles. The van der Waals surface area contributed by atoms with Gasteiger partial charge in [0.15, 0.2) is 0 Å². The van der Waals surface area contributed by atoms with E-state index in [1.807, 2.05) is 19.1 Å². The molecule has 0 spiro atoms. The van der Waals surface area contributed by atoms with Crippen LogP contribution < -0.4 is 11.1 Å². The Morgan fingerprint density at radius 2 is 1.67 bits per heavy atom. The number of likely N-dealkylation sites (tertiary alicyclic amines) is 1. The van der Waals surface area contributed by atoms with Crippen LogP contribution in [0.5, 0.6) is 0 Å². The van der Waals surface area contributed by atoms with Crippen LogP contribution in [-0.2, 0) is 4.79 Å². The summed E-state index contributed by atoms with van der Waals surface area (Å²) in [5.41, 5.74) is 8.06. The Labute approximate surface area is 158 Å². The van der Waals surface area contributed by atoms with Crippen molar-refractivity contribution in [1.82, 2.24) is 4.90 Å². The Bertz CT molecular complexity index is 853. The van der Waals surface area contributed by atoms with E-state index in [9.17, 15) is 14.4 Å². The van der Waals surface area contributed by atoms with Crippen molar-refractivity contribution >= 4 is 23.4 Å². The molecule has 0 radical (unpaired) electrons. The van der Waals surface area contributed by atoms with E-state index in [2.05, 4.69) is 5.32 Å². The number of primary amides is 1. The van der Waals surface area contributed by atoms with Crippen LogP contribution in [0.3, 0.4) is 0 Å². The first-order chi connectivity index (χ1) is 12.9. The highest BCUT2D eigenvalue weighted by Gasteiger charge is 2.26. The lowest BCUT2D eigenvalue weighted by Gasteiger charge is -2.30. The topological polar surface area (TPSA) is 92.5 Å². The second-order valence-electron chi connectivity index (χ2n) is 6.87. The average Bonchev–Trinajstić information content (AvgIpc) is 2.68. The summed E-state index contributed by atoms with van der Waals surface area (Å²) in [5, 5.41) is 2.83. The van der Waals surface area contributed by atoms with Crippen LogP contribution in [-0.4, -0.2) is 35.7 Å². The zero-order valence-electron chi connectivity index (χ0n) is 15.3. The van der Waals surface area contributed by atoms with Crippen molar-refractivity contribution in [3.05, 3.63) is 65.2 Å². The first-order valence-corrected chi connectivity index (χ1v) is 9.01. The van der Waals surface area contributed by atoms with Crippen LogP contribution in [0.1, 0.15) is 39.1 Å². The number of nitrogens with zero attached hydrogens (tertiary/aromatic N) is 1. The van der Waals surface area contributed by atoms with Gasteiger partial charge in [-0.3, -0.25) is 14.4 Å². The van der Waals surface area contributed by atoms with Crippen LogP contribution in [0.25, 0.3) is 0 Å². The van der Waals surface area contributed by atoms with Crippen molar-refractivity contribution in [3.63, 3.8) is 0 Å². The molecule has 0 bridgehead atoms. The molecule has 140 valence electrons. The van der Waals surface area contributed by atoms with Gasteiger partial charge in [0.25, 0.3) is 11.8 Å². The lowest BCUT2D eigenvalue weighted by Crippen LogP contribution is -2.41. The molecule has 1 aliphatic heterocycles. The van der Waals surface area contributed by atoms with Crippen LogP contribution in [0, 0.1) is 12.8 Å². The van der Waals surface area contributed by atoms with Gasteiger partial charge in [-0.2, -0.15) is 0 Å². The molecule has 0 aromatic heterocycles. The largest absolute Gasteiger partial charge is 0.369 e. The Balaban J connectivity index is 1.66. The molecule has 3 rings (SSSR count). The fraction of sp³-hybridized carbons (Fsp3) is 0.286. The van der Waals surface area contributed by atoms with Gasteiger partial charge in [-0.25, -0.2) is 0 Å². The Morgan fingerprint density at radius 1 is 1.00 bits per heavy atom. The number of nitrogens with two attached hydrogens (primary N) is 1. The number of nitrogens with one attached hydrogen (secondary N) is 1. The van der Waals surface area contributed by atoms with Gasteiger partial charge in [-0.05, 0) is 50.1 Å².